The van der Waals surface area contributed by atoms with Gasteiger partial charge in [-0.1, -0.05) is 62.2 Å². The van der Waals surface area contributed by atoms with Crippen molar-refractivity contribution in [1.82, 2.24) is 10.2 Å². The van der Waals surface area contributed by atoms with Gasteiger partial charge in [0.15, 0.2) is 6.61 Å². The molecule has 0 aliphatic heterocycles. The first kappa shape index (κ1) is 22.9. The SMILES string of the molecule is CCc1ccc(OCC(=O)N(CCc2ccccc2)[C@H](C)C(=O)NC2CCCC2)cc1. The Hall–Kier alpha value is -2.82. The predicted molar refractivity (Wildman–Crippen MR) is 123 cm³/mol. The van der Waals surface area contributed by atoms with Crippen LogP contribution in [0.3, 0.4) is 0 Å². The standard InChI is InChI=1S/C26H34N2O3/c1-3-21-13-15-24(16-14-21)31-19-25(29)28(18-17-22-9-5-4-6-10-22)20(2)26(30)27-23-11-7-8-12-23/h4-6,9-10,13-16,20,23H,3,7-8,11-12,17-19H2,1-2H3,(H,27,30)/t20-/m1/s1. The van der Waals surface area contributed by atoms with E-state index >= 15 is 0 Å². The second-order valence-electron chi connectivity index (χ2n) is 8.27. The summed E-state index contributed by atoms with van der Waals surface area (Å²) in [5.41, 5.74) is 2.36. The molecule has 1 atom stereocenters. The molecule has 3 rings (SSSR count). The molecule has 1 aliphatic carbocycles. The third-order valence-corrected chi connectivity index (χ3v) is 6.05. The molecule has 0 aromatic heterocycles. The number of carbonyl (C=O) groups excluding carboxylic acids is 2. The van der Waals surface area contributed by atoms with Crippen molar-refractivity contribution in [3.8, 4) is 5.75 Å². The molecular formula is C26H34N2O3. The van der Waals surface area contributed by atoms with Crippen molar-refractivity contribution in [1.29, 1.82) is 0 Å². The normalized spacial score (nSPS) is 14.8. The Morgan fingerprint density at radius 3 is 2.35 bits per heavy atom. The van der Waals surface area contributed by atoms with Gasteiger partial charge in [-0.05, 0) is 55.9 Å². The second kappa shape index (κ2) is 11.5. The van der Waals surface area contributed by atoms with Crippen molar-refractivity contribution >= 4 is 11.8 Å². The van der Waals surface area contributed by atoms with Crippen LogP contribution >= 0.6 is 0 Å². The van der Waals surface area contributed by atoms with Gasteiger partial charge in [0.2, 0.25) is 5.91 Å². The monoisotopic (exact) mass is 422 g/mol. The molecule has 2 aromatic rings. The maximum Gasteiger partial charge on any atom is 0.261 e. The zero-order valence-corrected chi connectivity index (χ0v) is 18.7. The van der Waals surface area contributed by atoms with Gasteiger partial charge in [-0.25, -0.2) is 0 Å². The average Bonchev–Trinajstić information content (AvgIpc) is 3.31. The Morgan fingerprint density at radius 2 is 1.71 bits per heavy atom. The lowest BCUT2D eigenvalue weighted by atomic mass is 10.1. The largest absolute Gasteiger partial charge is 0.484 e. The third-order valence-electron chi connectivity index (χ3n) is 6.05. The van der Waals surface area contributed by atoms with Crippen LogP contribution in [0.25, 0.3) is 0 Å². The first-order chi connectivity index (χ1) is 15.1. The number of rotatable bonds is 10. The van der Waals surface area contributed by atoms with Crippen LogP contribution < -0.4 is 10.1 Å². The summed E-state index contributed by atoms with van der Waals surface area (Å²) in [4.78, 5) is 27.6. The topological polar surface area (TPSA) is 58.6 Å². The number of nitrogens with one attached hydrogen (secondary N) is 1. The van der Waals surface area contributed by atoms with E-state index in [9.17, 15) is 9.59 Å². The molecule has 0 spiro atoms. The van der Waals surface area contributed by atoms with Gasteiger partial charge in [0, 0.05) is 12.6 Å². The van der Waals surface area contributed by atoms with Gasteiger partial charge in [0.1, 0.15) is 11.8 Å². The molecule has 0 heterocycles. The van der Waals surface area contributed by atoms with Gasteiger partial charge in [-0.15, -0.1) is 0 Å². The Balaban J connectivity index is 1.63. The van der Waals surface area contributed by atoms with Crippen molar-refractivity contribution < 1.29 is 14.3 Å². The second-order valence-corrected chi connectivity index (χ2v) is 8.27. The van der Waals surface area contributed by atoms with E-state index in [2.05, 4.69) is 12.2 Å². The van der Waals surface area contributed by atoms with E-state index in [1.54, 1.807) is 4.90 Å². The van der Waals surface area contributed by atoms with Crippen LogP contribution in [0.1, 0.15) is 50.7 Å². The molecule has 0 radical (unpaired) electrons. The fraction of sp³-hybridized carbons (Fsp3) is 0.462. The van der Waals surface area contributed by atoms with E-state index in [1.807, 2.05) is 61.5 Å². The molecule has 1 saturated carbocycles. The molecule has 5 nitrogen and oxygen atoms in total. The Labute approximate surface area is 185 Å². The van der Waals surface area contributed by atoms with Crippen LogP contribution in [0, 0.1) is 0 Å². The zero-order chi connectivity index (χ0) is 22.1. The Morgan fingerprint density at radius 1 is 1.03 bits per heavy atom. The number of amides is 2. The van der Waals surface area contributed by atoms with Crippen LogP contribution in [0.2, 0.25) is 0 Å². The molecule has 0 saturated heterocycles. The number of hydrogen-bond donors (Lipinski definition) is 1. The van der Waals surface area contributed by atoms with E-state index < -0.39 is 6.04 Å². The molecule has 1 N–H and O–H groups in total. The van der Waals surface area contributed by atoms with Crippen molar-refractivity contribution in [2.24, 2.45) is 0 Å². The van der Waals surface area contributed by atoms with E-state index in [0.717, 1.165) is 37.7 Å². The van der Waals surface area contributed by atoms with Gasteiger partial charge in [0.25, 0.3) is 5.91 Å². The number of hydrogen-bond acceptors (Lipinski definition) is 3. The van der Waals surface area contributed by atoms with E-state index in [-0.39, 0.29) is 24.5 Å². The van der Waals surface area contributed by atoms with Crippen LogP contribution in [-0.4, -0.2) is 41.9 Å². The maximum absolute atomic E-state index is 13.1. The lowest BCUT2D eigenvalue weighted by Crippen LogP contribution is -2.51. The fourth-order valence-electron chi connectivity index (χ4n) is 4.01. The summed E-state index contributed by atoms with van der Waals surface area (Å²) in [6.07, 6.45) is 6.00. The smallest absolute Gasteiger partial charge is 0.261 e. The average molecular weight is 423 g/mol. The van der Waals surface area contributed by atoms with Gasteiger partial charge in [0.05, 0.1) is 0 Å². The number of nitrogens with zero attached hydrogens (tertiary/aromatic N) is 1. The summed E-state index contributed by atoms with van der Waals surface area (Å²) in [5.74, 6) is 0.404. The summed E-state index contributed by atoms with van der Waals surface area (Å²) in [5, 5.41) is 3.12. The van der Waals surface area contributed by atoms with E-state index in [1.165, 1.54) is 5.56 Å². The Bertz CT molecular complexity index is 829. The summed E-state index contributed by atoms with van der Waals surface area (Å²) in [6.45, 7) is 4.30. The molecule has 166 valence electrons. The molecule has 0 bridgehead atoms. The van der Waals surface area contributed by atoms with Gasteiger partial charge in [-0.2, -0.15) is 0 Å². The molecular weight excluding hydrogens is 388 g/mol. The van der Waals surface area contributed by atoms with E-state index in [0.29, 0.717) is 18.7 Å². The van der Waals surface area contributed by atoms with Gasteiger partial charge in [-0.3, -0.25) is 9.59 Å². The van der Waals surface area contributed by atoms with Crippen molar-refractivity contribution in [3.63, 3.8) is 0 Å². The highest BCUT2D eigenvalue weighted by Gasteiger charge is 2.28. The minimum Gasteiger partial charge on any atom is -0.484 e. The molecule has 0 unspecified atom stereocenters. The molecule has 2 aromatic carbocycles. The molecule has 5 heteroatoms. The highest BCUT2D eigenvalue weighted by molar-refractivity contribution is 5.88. The highest BCUT2D eigenvalue weighted by atomic mass is 16.5. The minimum absolute atomic E-state index is 0.0820. The Kier molecular flexibility index (Phi) is 8.51. The number of carbonyl (C=O) groups is 2. The molecule has 1 fully saturated rings. The molecule has 1 aliphatic rings. The minimum atomic E-state index is -0.539. The van der Waals surface area contributed by atoms with Gasteiger partial charge < -0.3 is 15.0 Å². The highest BCUT2D eigenvalue weighted by Crippen LogP contribution is 2.18. The third kappa shape index (κ3) is 6.84. The lowest BCUT2D eigenvalue weighted by Gasteiger charge is -2.29. The fourth-order valence-corrected chi connectivity index (χ4v) is 4.01. The van der Waals surface area contributed by atoms with E-state index in [4.69, 9.17) is 4.74 Å². The summed E-state index contributed by atoms with van der Waals surface area (Å²) in [7, 11) is 0. The van der Waals surface area contributed by atoms with Gasteiger partial charge >= 0.3 is 0 Å². The summed E-state index contributed by atoms with van der Waals surface area (Å²) < 4.78 is 5.74. The van der Waals surface area contributed by atoms with Crippen molar-refractivity contribution in [2.45, 2.75) is 64.5 Å². The lowest BCUT2D eigenvalue weighted by molar-refractivity contribution is -0.141. The first-order valence-corrected chi connectivity index (χ1v) is 11.4. The maximum atomic E-state index is 13.1. The summed E-state index contributed by atoms with van der Waals surface area (Å²) in [6, 6.07) is 17.5. The van der Waals surface area contributed by atoms with Crippen molar-refractivity contribution in [3.05, 3.63) is 65.7 Å². The van der Waals surface area contributed by atoms with Crippen LogP contribution in [0.15, 0.2) is 54.6 Å². The number of ether oxygens (including phenoxy) is 1. The zero-order valence-electron chi connectivity index (χ0n) is 18.7. The summed E-state index contributed by atoms with van der Waals surface area (Å²) >= 11 is 0. The number of aryl methyl sites for hydroxylation is 1. The van der Waals surface area contributed by atoms with Crippen LogP contribution in [0.4, 0.5) is 0 Å². The molecule has 2 amide bonds. The number of benzene rings is 2. The van der Waals surface area contributed by atoms with Crippen molar-refractivity contribution in [2.75, 3.05) is 13.2 Å². The molecule has 31 heavy (non-hydrogen) atoms. The van der Waals surface area contributed by atoms with Crippen LogP contribution in [-0.2, 0) is 22.4 Å². The predicted octanol–water partition coefficient (Wildman–Crippen LogP) is 4.15. The quantitative estimate of drug-likeness (QED) is 0.626. The van der Waals surface area contributed by atoms with Crippen LogP contribution in [0.5, 0.6) is 5.75 Å². The first-order valence-electron chi connectivity index (χ1n) is 11.4.